The Bertz CT molecular complexity index is 404. The van der Waals surface area contributed by atoms with Gasteiger partial charge in [-0.05, 0) is 32.1 Å². The molecule has 1 rings (SSSR count). The first-order valence-corrected chi connectivity index (χ1v) is 9.19. The smallest absolute Gasteiger partial charge is 0.150 e. The number of hydrogen-bond donors (Lipinski definition) is 1. The molecule has 0 aliphatic heterocycles. The number of carbonyl (C=O) groups is 1. The van der Waals surface area contributed by atoms with Gasteiger partial charge in [0.2, 0.25) is 0 Å². The molecule has 5 heteroatoms. The van der Waals surface area contributed by atoms with E-state index < -0.39 is 15.3 Å². The summed E-state index contributed by atoms with van der Waals surface area (Å²) in [5, 5.41) is -0.348. The molecule has 1 aliphatic carbocycles. The van der Waals surface area contributed by atoms with Gasteiger partial charge in [-0.15, -0.1) is 0 Å². The molecule has 1 fully saturated rings. The Kier molecular flexibility index (Phi) is 5.56. The van der Waals surface area contributed by atoms with E-state index in [4.69, 9.17) is 5.73 Å². The van der Waals surface area contributed by atoms with Crippen molar-refractivity contribution in [3.8, 4) is 0 Å². The van der Waals surface area contributed by atoms with E-state index in [-0.39, 0.29) is 17.0 Å². The molecule has 0 aromatic rings. The summed E-state index contributed by atoms with van der Waals surface area (Å²) in [5.74, 6) is 0.0604. The third-order valence-electron chi connectivity index (χ3n) is 4.87. The highest BCUT2D eigenvalue weighted by Gasteiger charge is 2.41. The molecule has 2 atom stereocenters. The third-order valence-corrected chi connectivity index (χ3v) is 6.51. The molecule has 0 heterocycles. The molecular formula is C14H27NO3S. The summed E-state index contributed by atoms with van der Waals surface area (Å²) < 4.78 is 23.4. The Hall–Kier alpha value is -0.420. The van der Waals surface area contributed by atoms with Crippen LogP contribution in [-0.2, 0) is 14.6 Å². The lowest BCUT2D eigenvalue weighted by Crippen LogP contribution is -2.44. The van der Waals surface area contributed by atoms with E-state index in [0.29, 0.717) is 19.4 Å². The Morgan fingerprint density at radius 2 is 1.84 bits per heavy atom. The van der Waals surface area contributed by atoms with E-state index in [2.05, 4.69) is 0 Å². The van der Waals surface area contributed by atoms with Crippen LogP contribution in [0.5, 0.6) is 0 Å². The highest BCUT2D eigenvalue weighted by Crippen LogP contribution is 2.37. The molecular weight excluding hydrogens is 262 g/mol. The van der Waals surface area contributed by atoms with E-state index in [1.807, 2.05) is 13.8 Å². The molecule has 0 saturated heterocycles. The van der Waals surface area contributed by atoms with Crippen molar-refractivity contribution in [3.05, 3.63) is 0 Å². The molecule has 19 heavy (non-hydrogen) atoms. The zero-order valence-corrected chi connectivity index (χ0v) is 13.1. The van der Waals surface area contributed by atoms with E-state index in [0.717, 1.165) is 25.7 Å². The first kappa shape index (κ1) is 16.6. The number of hydrogen-bond acceptors (Lipinski definition) is 4. The number of rotatable bonds is 6. The fraction of sp³-hybridized carbons (Fsp3) is 0.929. The van der Waals surface area contributed by atoms with E-state index in [1.165, 1.54) is 6.26 Å². The van der Waals surface area contributed by atoms with Crippen molar-refractivity contribution in [2.75, 3.05) is 12.8 Å². The number of carbonyl (C=O) groups excluding carboxylic acids is 1. The zero-order chi connectivity index (χ0) is 14.7. The van der Waals surface area contributed by atoms with Crippen molar-refractivity contribution >= 4 is 15.6 Å². The molecule has 2 N–H and O–H groups in total. The molecule has 4 nitrogen and oxygen atoms in total. The Morgan fingerprint density at radius 3 is 2.26 bits per heavy atom. The van der Waals surface area contributed by atoms with Crippen molar-refractivity contribution in [3.63, 3.8) is 0 Å². The van der Waals surface area contributed by atoms with E-state index in [1.54, 1.807) is 0 Å². The van der Waals surface area contributed by atoms with Gasteiger partial charge in [-0.1, -0.05) is 20.3 Å². The maximum atomic E-state index is 12.7. The van der Waals surface area contributed by atoms with Gasteiger partial charge >= 0.3 is 0 Å². The zero-order valence-electron chi connectivity index (χ0n) is 12.3. The van der Waals surface area contributed by atoms with Crippen molar-refractivity contribution in [1.29, 1.82) is 0 Å². The molecule has 0 bridgehead atoms. The number of nitrogens with two attached hydrogens (primary N) is 1. The predicted molar refractivity (Wildman–Crippen MR) is 77.7 cm³/mol. The summed E-state index contributed by atoms with van der Waals surface area (Å²) >= 11 is 0. The fourth-order valence-electron chi connectivity index (χ4n) is 3.19. The fourth-order valence-corrected chi connectivity index (χ4v) is 4.37. The maximum absolute atomic E-state index is 12.7. The van der Waals surface area contributed by atoms with Crippen LogP contribution in [0.1, 0.15) is 52.4 Å². The number of Topliss-reactive ketones (excluding diaryl/α,β-unsaturated/α-hetero) is 1. The second-order valence-electron chi connectivity index (χ2n) is 5.87. The van der Waals surface area contributed by atoms with Gasteiger partial charge in [0.15, 0.2) is 0 Å². The summed E-state index contributed by atoms with van der Waals surface area (Å²) in [7, 11) is -3.04. The average molecular weight is 289 g/mol. The van der Waals surface area contributed by atoms with Crippen molar-refractivity contribution in [2.45, 2.75) is 57.6 Å². The summed E-state index contributed by atoms with van der Waals surface area (Å²) in [6.45, 7) is 4.34. The summed E-state index contributed by atoms with van der Waals surface area (Å²) in [4.78, 5) is 12.7. The van der Waals surface area contributed by atoms with Crippen LogP contribution in [-0.4, -0.2) is 32.3 Å². The predicted octanol–water partition coefficient (Wildman–Crippen LogP) is 1.92. The monoisotopic (exact) mass is 289 g/mol. The number of ketones is 1. The lowest BCUT2D eigenvalue weighted by molar-refractivity contribution is -0.133. The SMILES string of the molecule is CCC(CC)(CN)C(=O)C1CCCC(S(C)(=O)=O)C1. The largest absolute Gasteiger partial charge is 0.329 e. The van der Waals surface area contributed by atoms with Gasteiger partial charge in [-0.2, -0.15) is 0 Å². The molecule has 0 aromatic carbocycles. The van der Waals surface area contributed by atoms with Crippen LogP contribution < -0.4 is 5.73 Å². The van der Waals surface area contributed by atoms with Gasteiger partial charge in [0.1, 0.15) is 15.6 Å². The summed E-state index contributed by atoms with van der Waals surface area (Å²) in [5.41, 5.74) is 5.36. The van der Waals surface area contributed by atoms with Crippen molar-refractivity contribution in [2.24, 2.45) is 17.1 Å². The standard InChI is InChI=1S/C14H27NO3S/c1-4-14(5-2,10-15)13(16)11-7-6-8-12(9-11)19(3,17)18/h11-12H,4-10,15H2,1-3H3. The maximum Gasteiger partial charge on any atom is 0.150 e. The minimum absolute atomic E-state index is 0.128. The van der Waals surface area contributed by atoms with Gasteiger partial charge in [-0.25, -0.2) is 8.42 Å². The molecule has 1 saturated carbocycles. The molecule has 112 valence electrons. The molecule has 0 radical (unpaired) electrons. The van der Waals surface area contributed by atoms with Crippen LogP contribution in [0.2, 0.25) is 0 Å². The van der Waals surface area contributed by atoms with Gasteiger partial charge < -0.3 is 5.73 Å². The van der Waals surface area contributed by atoms with Crippen LogP contribution >= 0.6 is 0 Å². The second-order valence-corrected chi connectivity index (χ2v) is 8.20. The first-order chi connectivity index (χ1) is 8.80. The number of sulfone groups is 1. The quantitative estimate of drug-likeness (QED) is 0.810. The van der Waals surface area contributed by atoms with Crippen LogP contribution in [0, 0.1) is 11.3 Å². The molecule has 0 aromatic heterocycles. The first-order valence-electron chi connectivity index (χ1n) is 7.24. The lowest BCUT2D eigenvalue weighted by atomic mass is 9.70. The molecule has 0 amide bonds. The lowest BCUT2D eigenvalue weighted by Gasteiger charge is -2.35. The minimum Gasteiger partial charge on any atom is -0.329 e. The minimum atomic E-state index is -3.04. The average Bonchev–Trinajstić information content (AvgIpc) is 2.40. The Labute approximate surface area is 117 Å². The second kappa shape index (κ2) is 6.35. The van der Waals surface area contributed by atoms with Gasteiger partial charge in [0.25, 0.3) is 0 Å². The highest BCUT2D eigenvalue weighted by atomic mass is 32.2. The van der Waals surface area contributed by atoms with E-state index in [9.17, 15) is 13.2 Å². The van der Waals surface area contributed by atoms with Crippen molar-refractivity contribution in [1.82, 2.24) is 0 Å². The molecule has 1 aliphatic rings. The molecule has 2 unspecified atom stereocenters. The molecule has 0 spiro atoms. The highest BCUT2D eigenvalue weighted by molar-refractivity contribution is 7.91. The van der Waals surface area contributed by atoms with Crippen LogP contribution in [0.25, 0.3) is 0 Å². The normalized spacial score (nSPS) is 25.3. The van der Waals surface area contributed by atoms with Crippen molar-refractivity contribution < 1.29 is 13.2 Å². The van der Waals surface area contributed by atoms with Gasteiger partial charge in [-0.3, -0.25) is 4.79 Å². The van der Waals surface area contributed by atoms with Crippen LogP contribution in [0.3, 0.4) is 0 Å². The van der Waals surface area contributed by atoms with Crippen LogP contribution in [0.15, 0.2) is 0 Å². The van der Waals surface area contributed by atoms with Gasteiger partial charge in [0, 0.05) is 24.1 Å². The Balaban J connectivity index is 2.88. The summed E-state index contributed by atoms with van der Waals surface area (Å²) in [6.07, 6.45) is 5.56. The van der Waals surface area contributed by atoms with E-state index >= 15 is 0 Å². The third kappa shape index (κ3) is 3.57. The topological polar surface area (TPSA) is 77.2 Å². The van der Waals surface area contributed by atoms with Gasteiger partial charge in [0.05, 0.1) is 5.25 Å². The van der Waals surface area contributed by atoms with Crippen LogP contribution in [0.4, 0.5) is 0 Å². The summed E-state index contributed by atoms with van der Waals surface area (Å²) in [6, 6.07) is 0. The Morgan fingerprint density at radius 1 is 1.26 bits per heavy atom.